The second kappa shape index (κ2) is 5.45. The Labute approximate surface area is 125 Å². The molecule has 0 spiro atoms. The van der Waals surface area contributed by atoms with E-state index in [2.05, 4.69) is 0 Å². The van der Waals surface area contributed by atoms with E-state index in [0.29, 0.717) is 13.0 Å². The molecule has 5 atom stereocenters. The average Bonchev–Trinajstić information content (AvgIpc) is 2.82. The van der Waals surface area contributed by atoms with Crippen LogP contribution < -0.4 is 0 Å². The predicted molar refractivity (Wildman–Crippen MR) is 77.0 cm³/mol. The summed E-state index contributed by atoms with van der Waals surface area (Å²) in [4.78, 5) is 0. The summed E-state index contributed by atoms with van der Waals surface area (Å²) in [6.45, 7) is 0.267. The number of aliphatic hydroxyl groups is 3. The molecule has 0 amide bonds. The van der Waals surface area contributed by atoms with E-state index in [9.17, 15) is 23.7 Å². The molecule has 0 aromatic carbocycles. The Balaban J connectivity index is 1.71. The van der Waals surface area contributed by atoms with Gasteiger partial charge in [-0.1, -0.05) is 6.42 Å². The van der Waals surface area contributed by atoms with Crippen LogP contribution in [0, 0.1) is 11.8 Å². The van der Waals surface area contributed by atoms with Crippen molar-refractivity contribution in [1.82, 2.24) is 4.31 Å². The Morgan fingerprint density at radius 1 is 1.10 bits per heavy atom. The molecule has 2 saturated carbocycles. The number of β-amino-alcohol motifs (C(OH)–C–C–N with tert-alkyl or cyclic N) is 1. The van der Waals surface area contributed by atoms with Crippen LogP contribution in [0.3, 0.4) is 0 Å². The van der Waals surface area contributed by atoms with Crippen LogP contribution in [-0.4, -0.2) is 64.7 Å². The highest BCUT2D eigenvalue weighted by atomic mass is 32.2. The molecule has 3 aliphatic rings. The average molecular weight is 319 g/mol. The zero-order valence-corrected chi connectivity index (χ0v) is 13.0. The van der Waals surface area contributed by atoms with Gasteiger partial charge in [0.15, 0.2) is 0 Å². The lowest BCUT2D eigenvalue weighted by atomic mass is 9.70. The number of sulfonamides is 1. The van der Waals surface area contributed by atoms with Gasteiger partial charge in [-0.05, 0) is 43.9 Å². The summed E-state index contributed by atoms with van der Waals surface area (Å²) >= 11 is 0. The van der Waals surface area contributed by atoms with Gasteiger partial charge in [-0.2, -0.15) is 4.31 Å². The fourth-order valence-corrected chi connectivity index (χ4v) is 6.10. The third-order valence-electron chi connectivity index (χ3n) is 5.71. The van der Waals surface area contributed by atoms with Crippen LogP contribution in [0.15, 0.2) is 0 Å². The quantitative estimate of drug-likeness (QED) is 0.660. The summed E-state index contributed by atoms with van der Waals surface area (Å²) < 4.78 is 24.8. The molecule has 3 rings (SSSR count). The minimum absolute atomic E-state index is 0.0242. The van der Waals surface area contributed by atoms with E-state index < -0.39 is 27.8 Å². The smallest absolute Gasteiger partial charge is 0.214 e. The predicted octanol–water partition coefficient (Wildman–Crippen LogP) is -0.315. The van der Waals surface area contributed by atoms with E-state index in [-0.39, 0.29) is 24.1 Å². The van der Waals surface area contributed by atoms with Gasteiger partial charge in [0.2, 0.25) is 10.0 Å². The lowest BCUT2D eigenvalue weighted by Crippen LogP contribution is -2.58. The van der Waals surface area contributed by atoms with Crippen LogP contribution in [0.4, 0.5) is 0 Å². The van der Waals surface area contributed by atoms with Crippen LogP contribution in [-0.2, 0) is 10.0 Å². The van der Waals surface area contributed by atoms with Gasteiger partial charge in [-0.3, -0.25) is 0 Å². The lowest BCUT2D eigenvalue weighted by molar-refractivity contribution is -0.177. The standard InChI is InChI=1S/C14H25NO5S/c16-12(9-15-7-2-8-21(15,19)20)13(17)14(18)10-3-1-4-11(14)6-5-10/h10-13,16-18H,1-9H2/t10-,11+,12?,13?,14?. The number of fused-ring (bicyclic) bond motifs is 2. The number of nitrogens with zero attached hydrogens (tertiary/aromatic N) is 1. The van der Waals surface area contributed by atoms with Gasteiger partial charge in [-0.25, -0.2) is 8.42 Å². The fraction of sp³-hybridized carbons (Fsp3) is 1.00. The molecule has 1 aliphatic heterocycles. The Bertz CT molecular complexity index is 478. The first-order valence-electron chi connectivity index (χ1n) is 7.92. The SMILES string of the molecule is O=S1(=O)CCCN1CC(O)C(O)C1(O)[C@@H]2CCC[C@H]1CC2. The van der Waals surface area contributed by atoms with E-state index in [1.807, 2.05) is 0 Å². The Hall–Kier alpha value is -0.210. The summed E-state index contributed by atoms with van der Waals surface area (Å²) in [5.41, 5.74) is -1.25. The Morgan fingerprint density at radius 3 is 2.24 bits per heavy atom. The molecular formula is C14H25NO5S. The molecule has 122 valence electrons. The van der Waals surface area contributed by atoms with Crippen molar-refractivity contribution in [3.8, 4) is 0 Å². The van der Waals surface area contributed by atoms with Gasteiger partial charge in [0, 0.05) is 13.1 Å². The number of rotatable bonds is 4. The summed E-state index contributed by atoms with van der Waals surface area (Å²) in [7, 11) is -3.30. The fourth-order valence-electron chi connectivity index (χ4n) is 4.56. The second-order valence-electron chi connectivity index (χ2n) is 6.83. The number of hydrogen-bond acceptors (Lipinski definition) is 5. The first-order chi connectivity index (χ1) is 9.85. The maximum Gasteiger partial charge on any atom is 0.214 e. The summed E-state index contributed by atoms with van der Waals surface area (Å²) in [5, 5.41) is 31.7. The largest absolute Gasteiger partial charge is 0.389 e. The van der Waals surface area contributed by atoms with Crippen molar-refractivity contribution in [2.45, 2.75) is 56.3 Å². The maximum atomic E-state index is 11.8. The number of aliphatic hydroxyl groups excluding tert-OH is 2. The molecule has 21 heavy (non-hydrogen) atoms. The third-order valence-corrected chi connectivity index (χ3v) is 7.63. The zero-order valence-electron chi connectivity index (χ0n) is 12.2. The molecule has 1 heterocycles. The van der Waals surface area contributed by atoms with Crippen molar-refractivity contribution in [3.63, 3.8) is 0 Å². The molecule has 6 nitrogen and oxygen atoms in total. The molecular weight excluding hydrogens is 294 g/mol. The maximum absolute atomic E-state index is 11.8. The van der Waals surface area contributed by atoms with Crippen LogP contribution in [0.25, 0.3) is 0 Å². The summed E-state index contributed by atoms with van der Waals surface area (Å²) in [5.74, 6) is 0.151. The molecule has 2 bridgehead atoms. The van der Waals surface area contributed by atoms with E-state index in [0.717, 1.165) is 32.1 Å². The molecule has 0 radical (unpaired) electrons. The second-order valence-corrected chi connectivity index (χ2v) is 8.92. The van der Waals surface area contributed by atoms with Crippen molar-refractivity contribution >= 4 is 10.0 Å². The summed E-state index contributed by atoms with van der Waals surface area (Å²) in [6.07, 6.45) is 2.62. The first kappa shape index (κ1) is 15.7. The van der Waals surface area contributed by atoms with Crippen molar-refractivity contribution in [1.29, 1.82) is 0 Å². The number of hydrogen-bond donors (Lipinski definition) is 3. The molecule has 3 unspecified atom stereocenters. The minimum atomic E-state index is -3.30. The van der Waals surface area contributed by atoms with Gasteiger partial charge in [0.25, 0.3) is 0 Å². The van der Waals surface area contributed by atoms with Crippen molar-refractivity contribution < 1.29 is 23.7 Å². The molecule has 0 aromatic heterocycles. The molecule has 3 N–H and O–H groups in total. The summed E-state index contributed by atoms with van der Waals surface area (Å²) in [6, 6.07) is 0. The lowest BCUT2D eigenvalue weighted by Gasteiger charge is -2.44. The minimum Gasteiger partial charge on any atom is -0.389 e. The molecule has 0 aromatic rings. The topological polar surface area (TPSA) is 98.1 Å². The van der Waals surface area contributed by atoms with E-state index in [1.165, 1.54) is 4.31 Å². The van der Waals surface area contributed by atoms with E-state index >= 15 is 0 Å². The zero-order chi connectivity index (χ0) is 15.3. The first-order valence-corrected chi connectivity index (χ1v) is 9.53. The van der Waals surface area contributed by atoms with Crippen LogP contribution in [0.1, 0.15) is 38.5 Å². The van der Waals surface area contributed by atoms with Crippen LogP contribution >= 0.6 is 0 Å². The Morgan fingerprint density at radius 2 is 1.71 bits per heavy atom. The Kier molecular flexibility index (Phi) is 4.07. The van der Waals surface area contributed by atoms with Crippen molar-refractivity contribution in [2.24, 2.45) is 11.8 Å². The monoisotopic (exact) mass is 319 g/mol. The highest BCUT2D eigenvalue weighted by Crippen LogP contribution is 2.51. The van der Waals surface area contributed by atoms with Gasteiger partial charge in [0.05, 0.1) is 17.5 Å². The highest BCUT2D eigenvalue weighted by Gasteiger charge is 2.56. The van der Waals surface area contributed by atoms with E-state index in [4.69, 9.17) is 0 Å². The van der Waals surface area contributed by atoms with Gasteiger partial charge >= 0.3 is 0 Å². The van der Waals surface area contributed by atoms with Gasteiger partial charge in [0.1, 0.15) is 6.10 Å². The normalized spacial score (nSPS) is 42.0. The molecule has 7 heteroatoms. The van der Waals surface area contributed by atoms with Gasteiger partial charge in [-0.15, -0.1) is 0 Å². The molecule has 2 aliphatic carbocycles. The van der Waals surface area contributed by atoms with Crippen LogP contribution in [0.5, 0.6) is 0 Å². The molecule has 3 fully saturated rings. The van der Waals surface area contributed by atoms with Crippen LogP contribution in [0.2, 0.25) is 0 Å². The third kappa shape index (κ3) is 2.53. The van der Waals surface area contributed by atoms with Crippen molar-refractivity contribution in [3.05, 3.63) is 0 Å². The van der Waals surface area contributed by atoms with E-state index in [1.54, 1.807) is 0 Å². The van der Waals surface area contributed by atoms with Crippen molar-refractivity contribution in [2.75, 3.05) is 18.8 Å². The molecule has 1 saturated heterocycles. The highest BCUT2D eigenvalue weighted by molar-refractivity contribution is 7.89. The van der Waals surface area contributed by atoms with Gasteiger partial charge < -0.3 is 15.3 Å².